The van der Waals surface area contributed by atoms with Crippen molar-refractivity contribution in [3.8, 4) is 0 Å². The summed E-state index contributed by atoms with van der Waals surface area (Å²) < 4.78 is 0. The van der Waals surface area contributed by atoms with E-state index in [0.29, 0.717) is 0 Å². The van der Waals surface area contributed by atoms with E-state index < -0.39 is 0 Å². The molecule has 0 aliphatic carbocycles. The molecule has 0 aromatic carbocycles. The van der Waals surface area contributed by atoms with Crippen LogP contribution in [-0.2, 0) is 6.54 Å². The summed E-state index contributed by atoms with van der Waals surface area (Å²) in [5, 5.41) is 9.26. The van der Waals surface area contributed by atoms with Crippen LogP contribution in [0.3, 0.4) is 0 Å². The topological polar surface area (TPSA) is 39.6 Å². The quantitative estimate of drug-likeness (QED) is 0.791. The fourth-order valence-electron chi connectivity index (χ4n) is 2.10. The fraction of sp³-hybridized carbons (Fsp3) is 0.583. The second kappa shape index (κ2) is 5.39. The van der Waals surface area contributed by atoms with Gasteiger partial charge in [-0.1, -0.05) is 6.07 Å². The van der Waals surface area contributed by atoms with Gasteiger partial charge < -0.3 is 5.11 Å². The van der Waals surface area contributed by atoms with E-state index in [2.05, 4.69) is 27.9 Å². The smallest absolute Gasteiger partial charge is 0.0599 e. The maximum atomic E-state index is 9.26. The molecule has 1 atom stereocenters. The molecule has 4 nitrogen and oxygen atoms in total. The fourth-order valence-corrected chi connectivity index (χ4v) is 2.10. The molecule has 16 heavy (non-hydrogen) atoms. The van der Waals surface area contributed by atoms with Crippen LogP contribution in [-0.4, -0.2) is 59.2 Å². The summed E-state index contributed by atoms with van der Waals surface area (Å²) >= 11 is 0. The molecule has 1 aliphatic heterocycles. The minimum Gasteiger partial charge on any atom is -0.395 e. The highest BCUT2D eigenvalue weighted by molar-refractivity contribution is 5.08. The third kappa shape index (κ3) is 2.78. The first-order valence-electron chi connectivity index (χ1n) is 5.72. The van der Waals surface area contributed by atoms with Crippen molar-refractivity contribution in [3.63, 3.8) is 0 Å². The average molecular weight is 221 g/mol. The molecule has 2 heterocycles. The Morgan fingerprint density at radius 1 is 1.50 bits per heavy atom. The van der Waals surface area contributed by atoms with Gasteiger partial charge in [-0.05, 0) is 18.7 Å². The molecule has 0 radical (unpaired) electrons. The Morgan fingerprint density at radius 3 is 3.06 bits per heavy atom. The highest BCUT2D eigenvalue weighted by Gasteiger charge is 2.23. The van der Waals surface area contributed by atoms with Gasteiger partial charge in [0.2, 0.25) is 0 Å². The summed E-state index contributed by atoms with van der Waals surface area (Å²) in [6, 6.07) is 4.33. The van der Waals surface area contributed by atoms with E-state index in [4.69, 9.17) is 0 Å². The van der Waals surface area contributed by atoms with Gasteiger partial charge in [0.05, 0.1) is 6.61 Å². The Bertz CT molecular complexity index is 317. The predicted octanol–water partition coefficient (Wildman–Crippen LogP) is 0.190. The minimum absolute atomic E-state index is 0.236. The van der Waals surface area contributed by atoms with E-state index in [1.165, 1.54) is 5.56 Å². The molecule has 0 saturated carbocycles. The molecule has 1 unspecified atom stereocenters. The molecular formula is C12H19N3O. The maximum absolute atomic E-state index is 9.26. The molecular weight excluding hydrogens is 202 g/mol. The van der Waals surface area contributed by atoms with Gasteiger partial charge in [-0.3, -0.25) is 14.8 Å². The number of aliphatic hydroxyl groups excluding tert-OH is 1. The van der Waals surface area contributed by atoms with Crippen LogP contribution in [0.1, 0.15) is 5.56 Å². The maximum Gasteiger partial charge on any atom is 0.0599 e. The molecule has 1 aromatic rings. The molecule has 88 valence electrons. The molecule has 0 amide bonds. The van der Waals surface area contributed by atoms with Crippen molar-refractivity contribution in [1.82, 2.24) is 14.8 Å². The normalized spacial score (nSPS) is 23.5. The Kier molecular flexibility index (Phi) is 3.88. The van der Waals surface area contributed by atoms with E-state index in [0.717, 1.165) is 26.2 Å². The average Bonchev–Trinajstić information content (AvgIpc) is 2.33. The SMILES string of the molecule is CN1CCN(Cc2cccnc2)CC1CO. The van der Waals surface area contributed by atoms with Crippen LogP contribution in [0.5, 0.6) is 0 Å². The third-order valence-electron chi connectivity index (χ3n) is 3.20. The highest BCUT2D eigenvalue weighted by Crippen LogP contribution is 2.10. The standard InChI is InChI=1S/C12H19N3O/c1-14-5-6-15(9-12(14)10-16)8-11-3-2-4-13-7-11/h2-4,7,12,16H,5-6,8-10H2,1H3. The van der Waals surface area contributed by atoms with E-state index in [-0.39, 0.29) is 12.6 Å². The van der Waals surface area contributed by atoms with Crippen LogP contribution in [0.15, 0.2) is 24.5 Å². The second-order valence-electron chi connectivity index (χ2n) is 4.41. The number of hydrogen-bond donors (Lipinski definition) is 1. The van der Waals surface area contributed by atoms with Gasteiger partial charge in [0, 0.05) is 44.6 Å². The molecule has 1 N–H and O–H groups in total. The largest absolute Gasteiger partial charge is 0.395 e. The van der Waals surface area contributed by atoms with Gasteiger partial charge in [0.25, 0.3) is 0 Å². The zero-order valence-corrected chi connectivity index (χ0v) is 9.71. The van der Waals surface area contributed by atoms with Crippen molar-refractivity contribution >= 4 is 0 Å². The van der Waals surface area contributed by atoms with E-state index in [1.807, 2.05) is 12.3 Å². The lowest BCUT2D eigenvalue weighted by Crippen LogP contribution is -2.52. The monoisotopic (exact) mass is 221 g/mol. The number of likely N-dealkylation sites (N-methyl/N-ethyl adjacent to an activating group) is 1. The van der Waals surface area contributed by atoms with E-state index in [1.54, 1.807) is 6.20 Å². The molecule has 0 bridgehead atoms. The van der Waals surface area contributed by atoms with Gasteiger partial charge in [0.15, 0.2) is 0 Å². The summed E-state index contributed by atoms with van der Waals surface area (Å²) in [5.41, 5.74) is 1.24. The van der Waals surface area contributed by atoms with Crippen molar-refractivity contribution in [2.45, 2.75) is 12.6 Å². The Labute approximate surface area is 96.5 Å². The zero-order valence-electron chi connectivity index (χ0n) is 9.71. The summed E-state index contributed by atoms with van der Waals surface area (Å²) in [6.45, 7) is 4.17. The number of aromatic nitrogens is 1. The molecule has 1 saturated heterocycles. The lowest BCUT2D eigenvalue weighted by molar-refractivity contribution is 0.0539. The first-order chi connectivity index (χ1) is 7.79. The summed E-state index contributed by atoms with van der Waals surface area (Å²) in [5.74, 6) is 0. The van der Waals surface area contributed by atoms with Crippen LogP contribution in [0.2, 0.25) is 0 Å². The Morgan fingerprint density at radius 2 is 2.38 bits per heavy atom. The van der Waals surface area contributed by atoms with Gasteiger partial charge in [-0.25, -0.2) is 0 Å². The van der Waals surface area contributed by atoms with Crippen molar-refractivity contribution < 1.29 is 5.11 Å². The predicted molar refractivity (Wildman–Crippen MR) is 63.0 cm³/mol. The van der Waals surface area contributed by atoms with Gasteiger partial charge in [-0.2, -0.15) is 0 Å². The Balaban J connectivity index is 1.92. The second-order valence-corrected chi connectivity index (χ2v) is 4.41. The highest BCUT2D eigenvalue weighted by atomic mass is 16.3. The number of aliphatic hydroxyl groups is 1. The number of hydrogen-bond acceptors (Lipinski definition) is 4. The lowest BCUT2D eigenvalue weighted by atomic mass is 10.1. The van der Waals surface area contributed by atoms with Gasteiger partial charge in [0.1, 0.15) is 0 Å². The first kappa shape index (κ1) is 11.5. The molecule has 1 aromatic heterocycles. The van der Waals surface area contributed by atoms with Crippen molar-refractivity contribution in [2.24, 2.45) is 0 Å². The van der Waals surface area contributed by atoms with Crippen molar-refractivity contribution in [3.05, 3.63) is 30.1 Å². The number of rotatable bonds is 3. The van der Waals surface area contributed by atoms with Crippen molar-refractivity contribution in [2.75, 3.05) is 33.3 Å². The van der Waals surface area contributed by atoms with E-state index >= 15 is 0 Å². The van der Waals surface area contributed by atoms with E-state index in [9.17, 15) is 5.11 Å². The summed E-state index contributed by atoms with van der Waals surface area (Å²) in [7, 11) is 2.07. The number of pyridine rings is 1. The molecule has 1 fully saturated rings. The molecule has 2 rings (SSSR count). The number of nitrogens with zero attached hydrogens (tertiary/aromatic N) is 3. The first-order valence-corrected chi connectivity index (χ1v) is 5.72. The van der Waals surface area contributed by atoms with Crippen LogP contribution in [0, 0.1) is 0 Å². The minimum atomic E-state index is 0.236. The third-order valence-corrected chi connectivity index (χ3v) is 3.20. The molecule has 0 spiro atoms. The Hall–Kier alpha value is -0.970. The van der Waals surface area contributed by atoms with Crippen molar-refractivity contribution in [1.29, 1.82) is 0 Å². The summed E-state index contributed by atoms with van der Waals surface area (Å²) in [4.78, 5) is 8.71. The molecule has 4 heteroatoms. The zero-order chi connectivity index (χ0) is 11.4. The summed E-state index contributed by atoms with van der Waals surface area (Å²) in [6.07, 6.45) is 3.70. The van der Waals surface area contributed by atoms with Gasteiger partial charge in [-0.15, -0.1) is 0 Å². The van der Waals surface area contributed by atoms with Gasteiger partial charge >= 0.3 is 0 Å². The lowest BCUT2D eigenvalue weighted by Gasteiger charge is -2.38. The van der Waals surface area contributed by atoms with Crippen LogP contribution < -0.4 is 0 Å². The number of piperazine rings is 1. The molecule has 1 aliphatic rings. The van der Waals surface area contributed by atoms with Crippen LogP contribution >= 0.6 is 0 Å². The van der Waals surface area contributed by atoms with Crippen LogP contribution in [0.25, 0.3) is 0 Å². The van der Waals surface area contributed by atoms with Crippen LogP contribution in [0.4, 0.5) is 0 Å².